The van der Waals surface area contributed by atoms with Crippen LogP contribution in [0.25, 0.3) is 0 Å². The molecule has 19 heavy (non-hydrogen) atoms. The Hall–Kier alpha value is -2.03. The Bertz CT molecular complexity index is 572. The molecule has 98 valence electrons. The van der Waals surface area contributed by atoms with Crippen LogP contribution < -0.4 is 5.32 Å². The van der Waals surface area contributed by atoms with Crippen LogP contribution in [0.4, 0.5) is 0 Å². The Morgan fingerprint density at radius 3 is 2.95 bits per heavy atom. The van der Waals surface area contributed by atoms with Gasteiger partial charge in [0.25, 0.3) is 5.91 Å². The molecule has 1 heterocycles. The first-order chi connectivity index (χ1) is 9.33. The first-order valence-electron chi connectivity index (χ1n) is 6.75. The number of hydrogen-bond acceptors (Lipinski definition) is 2. The third-order valence-electron chi connectivity index (χ3n) is 3.61. The highest BCUT2D eigenvalue weighted by Gasteiger charge is 2.11. The van der Waals surface area contributed by atoms with Crippen LogP contribution in [-0.2, 0) is 19.3 Å². The molecule has 1 amide bonds. The molecule has 1 aliphatic carbocycles. The highest BCUT2D eigenvalue weighted by molar-refractivity contribution is 5.91. The van der Waals surface area contributed by atoms with Gasteiger partial charge in [0.05, 0.1) is 6.26 Å². The normalized spacial score (nSPS) is 13.3. The highest BCUT2D eigenvalue weighted by Crippen LogP contribution is 2.22. The maximum atomic E-state index is 11.7. The van der Waals surface area contributed by atoms with Crippen molar-refractivity contribution in [1.29, 1.82) is 0 Å². The number of hydrogen-bond donors (Lipinski definition) is 1. The van der Waals surface area contributed by atoms with Gasteiger partial charge in [-0.05, 0) is 54.5 Å². The van der Waals surface area contributed by atoms with E-state index in [4.69, 9.17) is 4.42 Å². The summed E-state index contributed by atoms with van der Waals surface area (Å²) < 4.78 is 5.05. The smallest absolute Gasteiger partial charge is 0.286 e. The molecule has 1 aromatic heterocycles. The number of fused-ring (bicyclic) bond motifs is 1. The van der Waals surface area contributed by atoms with Gasteiger partial charge in [-0.25, -0.2) is 0 Å². The standard InChI is InChI=1S/C16H17NO2/c18-16(15-5-2-10-19-15)17-9-8-12-6-7-13-3-1-4-14(13)11-12/h2,5-7,10-11H,1,3-4,8-9H2,(H,17,18). The summed E-state index contributed by atoms with van der Waals surface area (Å²) in [7, 11) is 0. The van der Waals surface area contributed by atoms with Crippen LogP contribution in [0.15, 0.2) is 41.0 Å². The molecule has 0 fully saturated rings. The fourth-order valence-electron chi connectivity index (χ4n) is 2.60. The molecule has 3 heteroatoms. The summed E-state index contributed by atoms with van der Waals surface area (Å²) in [5, 5.41) is 2.87. The third kappa shape index (κ3) is 2.70. The molecular formula is C16H17NO2. The van der Waals surface area contributed by atoms with E-state index >= 15 is 0 Å². The summed E-state index contributed by atoms with van der Waals surface area (Å²) in [6.07, 6.45) is 6.05. The van der Waals surface area contributed by atoms with Crippen molar-refractivity contribution >= 4 is 5.91 Å². The number of rotatable bonds is 4. The van der Waals surface area contributed by atoms with Gasteiger partial charge in [0.1, 0.15) is 0 Å². The topological polar surface area (TPSA) is 42.2 Å². The zero-order valence-corrected chi connectivity index (χ0v) is 10.8. The summed E-state index contributed by atoms with van der Waals surface area (Å²) >= 11 is 0. The quantitative estimate of drug-likeness (QED) is 0.912. The van der Waals surface area contributed by atoms with E-state index in [0.717, 1.165) is 6.42 Å². The van der Waals surface area contributed by atoms with Crippen LogP contribution in [0, 0.1) is 0 Å². The lowest BCUT2D eigenvalue weighted by atomic mass is 10.0. The second-order valence-electron chi connectivity index (χ2n) is 4.94. The summed E-state index contributed by atoms with van der Waals surface area (Å²) in [5.41, 5.74) is 4.26. The van der Waals surface area contributed by atoms with Crippen molar-refractivity contribution in [3.63, 3.8) is 0 Å². The Morgan fingerprint density at radius 2 is 2.11 bits per heavy atom. The molecular weight excluding hydrogens is 238 g/mol. The van der Waals surface area contributed by atoms with Gasteiger partial charge in [-0.15, -0.1) is 0 Å². The minimum absolute atomic E-state index is 0.147. The largest absolute Gasteiger partial charge is 0.459 e. The first-order valence-corrected chi connectivity index (χ1v) is 6.75. The van der Waals surface area contributed by atoms with E-state index in [-0.39, 0.29) is 5.91 Å². The molecule has 0 unspecified atom stereocenters. The second-order valence-corrected chi connectivity index (χ2v) is 4.94. The van der Waals surface area contributed by atoms with Crippen molar-refractivity contribution in [3.05, 3.63) is 59.0 Å². The summed E-state index contributed by atoms with van der Waals surface area (Å²) in [4.78, 5) is 11.7. The second kappa shape index (κ2) is 5.31. The number of aryl methyl sites for hydroxylation is 2. The summed E-state index contributed by atoms with van der Waals surface area (Å²) in [6.45, 7) is 0.637. The number of carbonyl (C=O) groups is 1. The lowest BCUT2D eigenvalue weighted by Crippen LogP contribution is -2.25. The Balaban J connectivity index is 1.54. The van der Waals surface area contributed by atoms with E-state index in [1.165, 1.54) is 42.2 Å². The van der Waals surface area contributed by atoms with Crippen LogP contribution in [0.1, 0.15) is 33.7 Å². The predicted octanol–water partition coefficient (Wildman–Crippen LogP) is 2.74. The molecule has 1 N–H and O–H groups in total. The highest BCUT2D eigenvalue weighted by atomic mass is 16.3. The Kier molecular flexibility index (Phi) is 3.36. The van der Waals surface area contributed by atoms with Gasteiger partial charge in [-0.3, -0.25) is 4.79 Å². The molecule has 0 spiro atoms. The van der Waals surface area contributed by atoms with Crippen LogP contribution in [-0.4, -0.2) is 12.5 Å². The number of carbonyl (C=O) groups excluding carboxylic acids is 1. The average molecular weight is 255 g/mol. The lowest BCUT2D eigenvalue weighted by molar-refractivity contribution is 0.0926. The molecule has 0 atom stereocenters. The van der Waals surface area contributed by atoms with Crippen molar-refractivity contribution in [1.82, 2.24) is 5.32 Å². The molecule has 0 bridgehead atoms. The average Bonchev–Trinajstić information content (AvgIpc) is 3.09. The maximum Gasteiger partial charge on any atom is 0.286 e. The van der Waals surface area contributed by atoms with Crippen molar-refractivity contribution in [2.45, 2.75) is 25.7 Å². The fourth-order valence-corrected chi connectivity index (χ4v) is 2.60. The van der Waals surface area contributed by atoms with Crippen LogP contribution in [0.2, 0.25) is 0 Å². The molecule has 1 aromatic carbocycles. The molecule has 3 nitrogen and oxygen atoms in total. The van der Waals surface area contributed by atoms with Gasteiger partial charge in [0.15, 0.2) is 5.76 Å². The zero-order valence-electron chi connectivity index (χ0n) is 10.8. The fraction of sp³-hybridized carbons (Fsp3) is 0.312. The number of nitrogens with one attached hydrogen (secondary N) is 1. The number of benzene rings is 1. The number of amides is 1. The molecule has 1 aliphatic rings. The van der Waals surface area contributed by atoms with Crippen LogP contribution in [0.3, 0.4) is 0 Å². The lowest BCUT2D eigenvalue weighted by Gasteiger charge is -2.06. The van der Waals surface area contributed by atoms with E-state index in [2.05, 4.69) is 23.5 Å². The third-order valence-corrected chi connectivity index (χ3v) is 3.61. The Morgan fingerprint density at radius 1 is 1.21 bits per heavy atom. The molecule has 0 saturated carbocycles. The molecule has 2 aromatic rings. The van der Waals surface area contributed by atoms with Gasteiger partial charge >= 0.3 is 0 Å². The van der Waals surface area contributed by atoms with E-state index in [1.54, 1.807) is 12.1 Å². The van der Waals surface area contributed by atoms with Crippen molar-refractivity contribution < 1.29 is 9.21 Å². The predicted molar refractivity (Wildman–Crippen MR) is 73.2 cm³/mol. The van der Waals surface area contributed by atoms with Gasteiger partial charge < -0.3 is 9.73 Å². The van der Waals surface area contributed by atoms with E-state index < -0.39 is 0 Å². The zero-order chi connectivity index (χ0) is 13.1. The molecule has 0 radical (unpaired) electrons. The van der Waals surface area contributed by atoms with E-state index in [0.29, 0.717) is 12.3 Å². The van der Waals surface area contributed by atoms with Crippen molar-refractivity contribution in [2.75, 3.05) is 6.54 Å². The molecule has 0 aliphatic heterocycles. The van der Waals surface area contributed by atoms with Gasteiger partial charge in [-0.1, -0.05) is 18.2 Å². The van der Waals surface area contributed by atoms with E-state index in [1.807, 2.05) is 0 Å². The van der Waals surface area contributed by atoms with Gasteiger partial charge in [0.2, 0.25) is 0 Å². The van der Waals surface area contributed by atoms with Gasteiger partial charge in [-0.2, -0.15) is 0 Å². The SMILES string of the molecule is O=C(NCCc1ccc2c(c1)CCC2)c1ccco1. The van der Waals surface area contributed by atoms with Crippen LogP contribution >= 0.6 is 0 Å². The summed E-state index contributed by atoms with van der Waals surface area (Å²) in [5.74, 6) is 0.222. The molecule has 3 rings (SSSR count). The van der Waals surface area contributed by atoms with Crippen molar-refractivity contribution in [2.24, 2.45) is 0 Å². The monoisotopic (exact) mass is 255 g/mol. The summed E-state index contributed by atoms with van der Waals surface area (Å²) in [6, 6.07) is 10.1. The minimum Gasteiger partial charge on any atom is -0.459 e. The van der Waals surface area contributed by atoms with Crippen LogP contribution in [0.5, 0.6) is 0 Å². The van der Waals surface area contributed by atoms with E-state index in [9.17, 15) is 4.79 Å². The minimum atomic E-state index is -0.147. The van der Waals surface area contributed by atoms with Crippen molar-refractivity contribution in [3.8, 4) is 0 Å². The molecule has 0 saturated heterocycles. The Labute approximate surface area is 112 Å². The first kappa shape index (κ1) is 12.0. The van der Waals surface area contributed by atoms with Gasteiger partial charge in [0, 0.05) is 6.54 Å². The number of furan rings is 1. The maximum absolute atomic E-state index is 11.7.